The highest BCUT2D eigenvalue weighted by atomic mass is 19.4. The van der Waals surface area contributed by atoms with Crippen LogP contribution in [-0.4, -0.2) is 17.3 Å². The molecule has 2 nitrogen and oxygen atoms in total. The molecular formula is C11H11F3O2. The van der Waals surface area contributed by atoms with E-state index in [9.17, 15) is 18.0 Å². The van der Waals surface area contributed by atoms with Gasteiger partial charge in [-0.05, 0) is 18.1 Å². The smallest absolute Gasteiger partial charge is 0.395 e. The van der Waals surface area contributed by atoms with E-state index in [4.69, 9.17) is 5.11 Å². The van der Waals surface area contributed by atoms with Gasteiger partial charge < -0.3 is 5.11 Å². The molecule has 0 aliphatic carbocycles. The number of alkyl halides is 3. The maximum Gasteiger partial charge on any atom is 0.395 e. The van der Waals surface area contributed by atoms with Crippen LogP contribution in [0.1, 0.15) is 24.0 Å². The zero-order chi connectivity index (χ0) is 12.3. The highest BCUT2D eigenvalue weighted by Gasteiger charge is 2.36. The number of hydrogen-bond acceptors (Lipinski definition) is 1. The molecule has 1 aromatic carbocycles. The molecule has 0 spiro atoms. The fraction of sp³-hybridized carbons (Fsp3) is 0.364. The van der Waals surface area contributed by atoms with E-state index in [1.54, 1.807) is 0 Å². The van der Waals surface area contributed by atoms with Crippen LogP contribution >= 0.6 is 0 Å². The first-order valence-electron chi connectivity index (χ1n) is 4.68. The molecular weight excluding hydrogens is 221 g/mol. The van der Waals surface area contributed by atoms with Crippen LogP contribution in [0.4, 0.5) is 13.2 Å². The van der Waals surface area contributed by atoms with Crippen molar-refractivity contribution in [2.75, 3.05) is 0 Å². The van der Waals surface area contributed by atoms with Crippen molar-refractivity contribution < 1.29 is 23.1 Å². The van der Waals surface area contributed by atoms with Gasteiger partial charge >= 0.3 is 12.1 Å². The molecule has 1 aromatic rings. The number of halogens is 3. The van der Waals surface area contributed by atoms with Crippen molar-refractivity contribution in [1.82, 2.24) is 0 Å². The first-order chi connectivity index (χ1) is 7.30. The molecule has 1 N–H and O–H groups in total. The molecule has 0 fully saturated rings. The van der Waals surface area contributed by atoms with Crippen LogP contribution in [0.5, 0.6) is 0 Å². The number of hydrogen-bond donors (Lipinski definition) is 1. The Bertz CT molecular complexity index is 368. The lowest BCUT2D eigenvalue weighted by molar-refractivity contribution is -0.146. The summed E-state index contributed by atoms with van der Waals surface area (Å²) in [5.74, 6) is -2.54. The molecule has 88 valence electrons. The van der Waals surface area contributed by atoms with Gasteiger partial charge in [0.1, 0.15) is 0 Å². The molecule has 0 aromatic heterocycles. The number of benzene rings is 1. The second kappa shape index (κ2) is 4.55. The number of carbonyl (C=O) groups is 1. The zero-order valence-electron chi connectivity index (χ0n) is 8.58. The fourth-order valence-corrected chi connectivity index (χ4v) is 1.29. The van der Waals surface area contributed by atoms with Crippen molar-refractivity contribution in [3.63, 3.8) is 0 Å². The summed E-state index contributed by atoms with van der Waals surface area (Å²) in [6, 6.07) is 5.45. The van der Waals surface area contributed by atoms with E-state index in [1.807, 2.05) is 0 Å². The van der Waals surface area contributed by atoms with E-state index in [0.717, 1.165) is 6.92 Å². The average Bonchev–Trinajstić information content (AvgIpc) is 2.15. The van der Waals surface area contributed by atoms with E-state index in [0.29, 0.717) is 5.56 Å². The molecule has 0 heterocycles. The van der Waals surface area contributed by atoms with Gasteiger partial charge in [-0.25, -0.2) is 0 Å². The quantitative estimate of drug-likeness (QED) is 0.869. The number of carboxylic acids is 1. The topological polar surface area (TPSA) is 37.3 Å². The lowest BCUT2D eigenvalue weighted by Gasteiger charge is -2.15. The van der Waals surface area contributed by atoms with E-state index < -0.39 is 18.1 Å². The zero-order valence-corrected chi connectivity index (χ0v) is 8.58. The van der Waals surface area contributed by atoms with Crippen LogP contribution in [0.15, 0.2) is 24.3 Å². The second-order valence-electron chi connectivity index (χ2n) is 3.58. The lowest BCUT2D eigenvalue weighted by atomic mass is 9.99. The Morgan fingerprint density at radius 2 is 1.81 bits per heavy atom. The highest BCUT2D eigenvalue weighted by Crippen LogP contribution is 2.34. The molecule has 16 heavy (non-hydrogen) atoms. The summed E-state index contributed by atoms with van der Waals surface area (Å²) in [6.07, 6.45) is -4.45. The Kier molecular flexibility index (Phi) is 3.57. The molecule has 1 atom stereocenters. The Balaban J connectivity index is 2.83. The number of carboxylic acid groups (broad SMARTS) is 1. The minimum absolute atomic E-state index is 0.140. The van der Waals surface area contributed by atoms with Gasteiger partial charge in [0, 0.05) is 0 Å². The van der Waals surface area contributed by atoms with E-state index >= 15 is 0 Å². The fourth-order valence-electron chi connectivity index (χ4n) is 1.29. The molecule has 0 aliphatic rings. The Labute approximate surface area is 90.7 Å². The molecule has 5 heteroatoms. The first-order valence-corrected chi connectivity index (χ1v) is 4.68. The van der Waals surface area contributed by atoms with Crippen molar-refractivity contribution >= 4 is 5.97 Å². The van der Waals surface area contributed by atoms with E-state index in [-0.39, 0.29) is 12.0 Å². The molecule has 0 amide bonds. The molecule has 0 unspecified atom stereocenters. The average molecular weight is 232 g/mol. The van der Waals surface area contributed by atoms with Gasteiger partial charge in [0.25, 0.3) is 0 Å². The predicted molar refractivity (Wildman–Crippen MR) is 52.3 cm³/mol. The van der Waals surface area contributed by atoms with Crippen molar-refractivity contribution in [3.8, 4) is 0 Å². The summed E-state index contributed by atoms with van der Waals surface area (Å²) >= 11 is 0. The van der Waals surface area contributed by atoms with Gasteiger partial charge in [0.15, 0.2) is 0 Å². The minimum Gasteiger partial charge on any atom is -0.481 e. The number of aliphatic carboxylic acids is 1. The van der Waals surface area contributed by atoms with Gasteiger partial charge in [-0.3, -0.25) is 4.79 Å². The normalized spacial score (nSPS) is 13.5. The SMILES string of the molecule is C[C@H](c1ccc(CC(=O)O)cc1)C(F)(F)F. The van der Waals surface area contributed by atoms with Crippen LogP contribution < -0.4 is 0 Å². The monoisotopic (exact) mass is 232 g/mol. The molecule has 0 aliphatic heterocycles. The standard InChI is InChI=1S/C11H11F3O2/c1-7(11(12,13)14)9-4-2-8(3-5-9)6-10(15)16/h2-5,7H,6H2,1H3,(H,15,16)/t7-/m1/s1. The second-order valence-corrected chi connectivity index (χ2v) is 3.58. The summed E-state index contributed by atoms with van der Waals surface area (Å²) in [6.45, 7) is 1.08. The van der Waals surface area contributed by atoms with Crippen LogP contribution in [0.3, 0.4) is 0 Å². The summed E-state index contributed by atoms with van der Waals surface area (Å²) < 4.78 is 37.1. The van der Waals surface area contributed by atoms with Gasteiger partial charge in [-0.2, -0.15) is 13.2 Å². The summed E-state index contributed by atoms with van der Waals surface area (Å²) in [5.41, 5.74) is 0.632. The van der Waals surface area contributed by atoms with Crippen molar-refractivity contribution in [3.05, 3.63) is 35.4 Å². The minimum atomic E-state index is -4.27. The Morgan fingerprint density at radius 1 is 1.31 bits per heavy atom. The Hall–Kier alpha value is -1.52. The van der Waals surface area contributed by atoms with Crippen molar-refractivity contribution in [1.29, 1.82) is 0 Å². The third kappa shape index (κ3) is 3.25. The third-order valence-electron chi connectivity index (χ3n) is 2.33. The summed E-state index contributed by atoms with van der Waals surface area (Å²) in [4.78, 5) is 10.4. The third-order valence-corrected chi connectivity index (χ3v) is 2.33. The van der Waals surface area contributed by atoms with Crippen LogP contribution in [-0.2, 0) is 11.2 Å². The maximum absolute atomic E-state index is 12.4. The van der Waals surface area contributed by atoms with Gasteiger partial charge in [-0.15, -0.1) is 0 Å². The molecule has 0 bridgehead atoms. The highest BCUT2D eigenvalue weighted by molar-refractivity contribution is 5.70. The summed E-state index contributed by atoms with van der Waals surface area (Å²) in [7, 11) is 0. The van der Waals surface area contributed by atoms with Gasteiger partial charge in [0.2, 0.25) is 0 Å². The van der Waals surface area contributed by atoms with Crippen LogP contribution in [0.25, 0.3) is 0 Å². The first kappa shape index (κ1) is 12.5. The van der Waals surface area contributed by atoms with Gasteiger partial charge in [0.05, 0.1) is 12.3 Å². The lowest BCUT2D eigenvalue weighted by Crippen LogP contribution is -2.17. The van der Waals surface area contributed by atoms with Crippen LogP contribution in [0.2, 0.25) is 0 Å². The molecule has 0 saturated heterocycles. The Morgan fingerprint density at radius 3 is 2.19 bits per heavy atom. The molecule has 1 rings (SSSR count). The molecule has 0 radical (unpaired) electrons. The van der Waals surface area contributed by atoms with E-state index in [2.05, 4.69) is 0 Å². The van der Waals surface area contributed by atoms with Crippen molar-refractivity contribution in [2.24, 2.45) is 0 Å². The molecule has 0 saturated carbocycles. The number of rotatable bonds is 3. The van der Waals surface area contributed by atoms with Crippen molar-refractivity contribution in [2.45, 2.75) is 25.4 Å². The van der Waals surface area contributed by atoms with E-state index in [1.165, 1.54) is 24.3 Å². The summed E-state index contributed by atoms with van der Waals surface area (Å²) in [5, 5.41) is 8.49. The van der Waals surface area contributed by atoms with Gasteiger partial charge in [-0.1, -0.05) is 24.3 Å². The largest absolute Gasteiger partial charge is 0.481 e. The van der Waals surface area contributed by atoms with Crippen LogP contribution in [0, 0.1) is 0 Å². The maximum atomic E-state index is 12.4. The predicted octanol–water partition coefficient (Wildman–Crippen LogP) is 2.98.